The second-order valence-electron chi connectivity index (χ2n) is 11.8. The second-order valence-corrected chi connectivity index (χ2v) is 11.8. The quantitative estimate of drug-likeness (QED) is 0.263. The molecule has 0 radical (unpaired) electrons. The molecule has 9 heteroatoms. The summed E-state index contributed by atoms with van der Waals surface area (Å²) in [7, 11) is 0. The van der Waals surface area contributed by atoms with Crippen molar-refractivity contribution in [1.29, 1.82) is 0 Å². The number of anilines is 2. The van der Waals surface area contributed by atoms with Crippen LogP contribution in [0, 0.1) is 0 Å². The van der Waals surface area contributed by atoms with E-state index >= 15 is 0 Å². The fourth-order valence-electron chi connectivity index (χ4n) is 5.01. The van der Waals surface area contributed by atoms with Gasteiger partial charge >= 0.3 is 6.09 Å². The van der Waals surface area contributed by atoms with Crippen molar-refractivity contribution in [3.63, 3.8) is 0 Å². The fourth-order valence-corrected chi connectivity index (χ4v) is 5.01. The first-order valence-corrected chi connectivity index (χ1v) is 14.6. The zero-order chi connectivity index (χ0) is 30.6. The molecular formula is C34H37N5O4. The molecule has 3 N–H and O–H groups in total. The molecule has 0 bridgehead atoms. The van der Waals surface area contributed by atoms with Crippen molar-refractivity contribution in [3.05, 3.63) is 82.9 Å². The number of fused-ring (bicyclic) bond motifs is 2. The number of rotatable bonds is 9. The molecule has 0 aliphatic carbocycles. The zero-order valence-corrected chi connectivity index (χ0v) is 25.0. The Labute approximate surface area is 251 Å². The number of carbonyl (C=O) groups is 3. The second kappa shape index (κ2) is 12.6. The third-order valence-electron chi connectivity index (χ3n) is 7.00. The van der Waals surface area contributed by atoms with Crippen molar-refractivity contribution >= 4 is 52.1 Å². The molecule has 0 saturated carbocycles. The first kappa shape index (κ1) is 29.7. The predicted octanol–water partition coefficient (Wildman–Crippen LogP) is 6.63. The molecule has 9 nitrogen and oxygen atoms in total. The lowest BCUT2D eigenvalue weighted by Crippen LogP contribution is -2.34. The van der Waals surface area contributed by atoms with Crippen LogP contribution < -0.4 is 16.0 Å². The van der Waals surface area contributed by atoms with Gasteiger partial charge in [-0.2, -0.15) is 0 Å². The van der Waals surface area contributed by atoms with Crippen LogP contribution in [-0.2, 0) is 27.2 Å². The number of nitrogens with zero attached hydrogens (tertiary/aromatic N) is 2. The molecule has 0 unspecified atom stereocenters. The summed E-state index contributed by atoms with van der Waals surface area (Å²) in [4.78, 5) is 45.8. The highest BCUT2D eigenvalue weighted by Gasteiger charge is 2.20. The van der Waals surface area contributed by atoms with E-state index < -0.39 is 11.7 Å². The molecule has 0 atom stereocenters. The van der Waals surface area contributed by atoms with Crippen LogP contribution in [0.3, 0.4) is 0 Å². The van der Waals surface area contributed by atoms with Crippen LogP contribution in [0.1, 0.15) is 69.2 Å². The summed E-state index contributed by atoms with van der Waals surface area (Å²) < 4.78 is 5.19. The number of benzene rings is 3. The molecule has 0 spiro atoms. The maximum atomic E-state index is 12.4. The van der Waals surface area contributed by atoms with E-state index in [9.17, 15) is 14.4 Å². The Bertz CT molecular complexity index is 1620. The van der Waals surface area contributed by atoms with Crippen molar-refractivity contribution < 1.29 is 19.1 Å². The van der Waals surface area contributed by atoms with Gasteiger partial charge in [0.05, 0.1) is 22.8 Å². The highest BCUT2D eigenvalue weighted by molar-refractivity contribution is 6.09. The van der Waals surface area contributed by atoms with Gasteiger partial charge in [-0.25, -0.2) is 4.79 Å². The zero-order valence-electron chi connectivity index (χ0n) is 25.0. The molecule has 3 aromatic carbocycles. The minimum absolute atomic E-state index is 0.0276. The van der Waals surface area contributed by atoms with Crippen LogP contribution in [0.5, 0.6) is 0 Å². The minimum atomic E-state index is -0.586. The number of ether oxygens (including phenoxy) is 1. The van der Waals surface area contributed by atoms with E-state index in [0.717, 1.165) is 57.2 Å². The maximum Gasteiger partial charge on any atom is 0.407 e. The van der Waals surface area contributed by atoms with Gasteiger partial charge in [0.1, 0.15) is 5.60 Å². The number of amides is 3. The largest absolute Gasteiger partial charge is 0.444 e. The average molecular weight is 580 g/mol. The molecule has 2 aliphatic rings. The molecular weight excluding hydrogens is 542 g/mol. The molecule has 5 rings (SSSR count). The number of alkyl carbamates (subject to hydrolysis) is 1. The molecule has 2 aliphatic heterocycles. The molecule has 0 fully saturated rings. The monoisotopic (exact) mass is 579 g/mol. The molecule has 43 heavy (non-hydrogen) atoms. The highest BCUT2D eigenvalue weighted by Crippen LogP contribution is 2.33. The van der Waals surface area contributed by atoms with Crippen LogP contribution in [0.4, 0.5) is 27.5 Å². The summed E-state index contributed by atoms with van der Waals surface area (Å²) in [6.07, 6.45) is 2.30. The lowest BCUT2D eigenvalue weighted by atomic mass is 9.99. The Kier molecular flexibility index (Phi) is 8.71. The number of carbonyl (C=O) groups excluding carboxylic acids is 3. The lowest BCUT2D eigenvalue weighted by Gasteiger charge is -2.19. The van der Waals surface area contributed by atoms with E-state index in [-0.39, 0.29) is 24.8 Å². The van der Waals surface area contributed by atoms with E-state index in [0.29, 0.717) is 24.9 Å². The summed E-state index contributed by atoms with van der Waals surface area (Å²) in [5.74, 6) is -0.167. The van der Waals surface area contributed by atoms with Gasteiger partial charge in [0.15, 0.2) is 0 Å². The topological polar surface area (TPSA) is 121 Å². The van der Waals surface area contributed by atoms with Gasteiger partial charge in [0.25, 0.3) is 0 Å². The van der Waals surface area contributed by atoms with Crippen molar-refractivity contribution in [3.8, 4) is 0 Å². The third-order valence-corrected chi connectivity index (χ3v) is 7.00. The predicted molar refractivity (Wildman–Crippen MR) is 170 cm³/mol. The Balaban J connectivity index is 1.14. The Morgan fingerprint density at radius 1 is 0.744 bits per heavy atom. The first-order valence-electron chi connectivity index (χ1n) is 14.6. The Morgan fingerprint density at radius 3 is 1.70 bits per heavy atom. The summed E-state index contributed by atoms with van der Waals surface area (Å²) in [6, 6.07) is 19.9. The van der Waals surface area contributed by atoms with E-state index in [1.54, 1.807) is 20.8 Å². The summed E-state index contributed by atoms with van der Waals surface area (Å²) >= 11 is 0. The highest BCUT2D eigenvalue weighted by atomic mass is 16.6. The van der Waals surface area contributed by atoms with Crippen LogP contribution in [-0.4, -0.2) is 41.5 Å². The van der Waals surface area contributed by atoms with Crippen LogP contribution in [0.15, 0.2) is 70.6 Å². The van der Waals surface area contributed by atoms with Crippen molar-refractivity contribution in [2.75, 3.05) is 17.2 Å². The van der Waals surface area contributed by atoms with E-state index in [1.165, 1.54) is 0 Å². The minimum Gasteiger partial charge on any atom is -0.444 e. The first-order chi connectivity index (χ1) is 20.6. The molecule has 0 aromatic heterocycles. The summed E-state index contributed by atoms with van der Waals surface area (Å²) in [5.41, 5.74) is 8.94. The van der Waals surface area contributed by atoms with Crippen LogP contribution >= 0.6 is 0 Å². The van der Waals surface area contributed by atoms with Gasteiger partial charge in [-0.1, -0.05) is 31.2 Å². The summed E-state index contributed by atoms with van der Waals surface area (Å²) in [5, 5.41) is 8.46. The average Bonchev–Trinajstić information content (AvgIpc) is 3.56. The fraction of sp³-hybridized carbons (Fsp3) is 0.324. The molecule has 2 heterocycles. The lowest BCUT2D eigenvalue weighted by molar-refractivity contribution is -0.117. The van der Waals surface area contributed by atoms with Gasteiger partial charge in [-0.3, -0.25) is 19.6 Å². The van der Waals surface area contributed by atoms with Gasteiger partial charge in [0, 0.05) is 43.6 Å². The SMILES string of the molecule is CCCC(=O)Nc1ccc2c(c1)CC(c1ccc(C3=Nc4ccc(NC(=O)CCNC(=O)OC(C)(C)C)cc4C3)cc1)=N2. The molecule has 0 saturated heterocycles. The van der Waals surface area contributed by atoms with Crippen LogP contribution in [0.25, 0.3) is 0 Å². The van der Waals surface area contributed by atoms with Gasteiger partial charge in [-0.05, 0) is 85.8 Å². The van der Waals surface area contributed by atoms with Crippen molar-refractivity contribution in [1.82, 2.24) is 5.32 Å². The van der Waals surface area contributed by atoms with Gasteiger partial charge in [-0.15, -0.1) is 0 Å². The van der Waals surface area contributed by atoms with E-state index in [2.05, 4.69) is 40.2 Å². The number of hydrogen-bond donors (Lipinski definition) is 3. The number of nitrogens with one attached hydrogen (secondary N) is 3. The smallest absolute Gasteiger partial charge is 0.407 e. The van der Waals surface area contributed by atoms with E-state index in [4.69, 9.17) is 14.7 Å². The normalized spacial score (nSPS) is 13.4. The number of hydrogen-bond acceptors (Lipinski definition) is 6. The van der Waals surface area contributed by atoms with Gasteiger partial charge < -0.3 is 20.7 Å². The van der Waals surface area contributed by atoms with E-state index in [1.807, 2.05) is 43.3 Å². The summed E-state index contributed by atoms with van der Waals surface area (Å²) in [6.45, 7) is 7.54. The Hall–Kier alpha value is -4.79. The Morgan fingerprint density at radius 2 is 1.23 bits per heavy atom. The van der Waals surface area contributed by atoms with Crippen LogP contribution in [0.2, 0.25) is 0 Å². The van der Waals surface area contributed by atoms with Crippen molar-refractivity contribution in [2.45, 2.75) is 65.4 Å². The van der Waals surface area contributed by atoms with Crippen molar-refractivity contribution in [2.24, 2.45) is 9.98 Å². The standard InChI is InChI=1S/C34H37N5O4/c1-5-6-31(40)36-25-11-13-27-23(17-25)19-29(38-27)21-7-9-22(10-8-21)30-20-24-18-26(12-14-28(24)39-30)37-32(41)15-16-35-33(42)43-34(2,3)4/h7-14,17-18H,5-6,15-16,19-20H2,1-4H3,(H,35,42)(H,36,40)(H,37,41). The molecule has 222 valence electrons. The molecule has 3 amide bonds. The maximum absolute atomic E-state index is 12.4. The number of aliphatic imine (C=N–C) groups is 2. The van der Waals surface area contributed by atoms with Gasteiger partial charge in [0.2, 0.25) is 11.8 Å². The molecule has 3 aromatic rings. The third kappa shape index (κ3) is 7.74.